The van der Waals surface area contributed by atoms with Crippen molar-refractivity contribution in [2.45, 2.75) is 45.2 Å². The van der Waals surface area contributed by atoms with Gasteiger partial charge in [-0.1, -0.05) is 36.4 Å². The second-order valence-electron chi connectivity index (χ2n) is 9.75. The first-order valence-corrected chi connectivity index (χ1v) is 13.6. The van der Waals surface area contributed by atoms with Gasteiger partial charge in [-0.3, -0.25) is 4.79 Å². The molecule has 9 nitrogen and oxygen atoms in total. The summed E-state index contributed by atoms with van der Waals surface area (Å²) in [5.41, 5.74) is 9.42. The molecule has 0 aliphatic heterocycles. The van der Waals surface area contributed by atoms with Gasteiger partial charge in [0.05, 0.1) is 11.3 Å². The standard InChI is InChI=1S/C29H30N4O5S/c1-17-9-16-24(19(3)18(17)2)38-28-22(27(34)33-39(36,37)26-8-6-7-25(30)32-26)14-15-23(31-28)20-10-12-21(13-11-20)29(4,5)35/h6-16,35H,1-5H3,(H2,30,32)(H,33,34). The number of aromatic nitrogens is 2. The summed E-state index contributed by atoms with van der Waals surface area (Å²) in [6, 6.07) is 18.0. The number of carbonyl (C=O) groups excluding carboxylic acids is 1. The molecule has 0 atom stereocenters. The minimum atomic E-state index is -4.32. The fourth-order valence-electron chi connectivity index (χ4n) is 3.86. The third-order valence-corrected chi connectivity index (χ3v) is 7.69. The Hall–Kier alpha value is -4.28. The monoisotopic (exact) mass is 546 g/mol. The maximum atomic E-state index is 13.2. The maximum Gasteiger partial charge on any atom is 0.281 e. The molecule has 2 heterocycles. The molecule has 0 spiro atoms. The van der Waals surface area contributed by atoms with Crippen molar-refractivity contribution in [3.05, 3.63) is 94.5 Å². The van der Waals surface area contributed by atoms with Crippen LogP contribution in [0.1, 0.15) is 46.5 Å². The van der Waals surface area contributed by atoms with E-state index in [4.69, 9.17) is 10.5 Å². The fourth-order valence-corrected chi connectivity index (χ4v) is 4.80. The number of hydrogen-bond donors (Lipinski definition) is 3. The van der Waals surface area contributed by atoms with E-state index in [0.29, 0.717) is 17.0 Å². The lowest BCUT2D eigenvalue weighted by Crippen LogP contribution is -2.31. The van der Waals surface area contributed by atoms with Crippen LogP contribution in [0, 0.1) is 20.8 Å². The molecule has 0 saturated heterocycles. The van der Waals surface area contributed by atoms with E-state index in [-0.39, 0.29) is 22.3 Å². The van der Waals surface area contributed by atoms with Gasteiger partial charge in [0.25, 0.3) is 15.9 Å². The van der Waals surface area contributed by atoms with E-state index in [1.165, 1.54) is 24.3 Å². The van der Waals surface area contributed by atoms with E-state index in [9.17, 15) is 18.3 Å². The number of benzene rings is 2. The lowest BCUT2D eigenvalue weighted by molar-refractivity contribution is 0.0786. The summed E-state index contributed by atoms with van der Waals surface area (Å²) in [5.74, 6) is -0.526. The zero-order valence-electron chi connectivity index (χ0n) is 22.3. The Kier molecular flexibility index (Phi) is 7.45. The van der Waals surface area contributed by atoms with Gasteiger partial charge in [0.2, 0.25) is 5.88 Å². The number of nitrogens with one attached hydrogen (secondary N) is 1. The SMILES string of the molecule is Cc1ccc(Oc2nc(-c3ccc(C(C)(C)O)cc3)ccc2C(=O)NS(=O)(=O)c2cccc(N)n2)c(C)c1C. The maximum absolute atomic E-state index is 13.2. The number of carbonyl (C=O) groups is 1. The molecule has 202 valence electrons. The van der Waals surface area contributed by atoms with Gasteiger partial charge in [-0.25, -0.2) is 14.7 Å². The average Bonchev–Trinajstić information content (AvgIpc) is 2.88. The number of rotatable bonds is 7. The van der Waals surface area contributed by atoms with Crippen LogP contribution in [-0.4, -0.2) is 29.4 Å². The predicted octanol–water partition coefficient (Wildman–Crippen LogP) is 4.79. The van der Waals surface area contributed by atoms with Gasteiger partial charge in [0.1, 0.15) is 17.1 Å². The van der Waals surface area contributed by atoms with Gasteiger partial charge in [-0.2, -0.15) is 8.42 Å². The second kappa shape index (κ2) is 10.5. The van der Waals surface area contributed by atoms with Crippen LogP contribution < -0.4 is 15.2 Å². The van der Waals surface area contributed by atoms with E-state index in [0.717, 1.165) is 22.3 Å². The molecule has 0 radical (unpaired) electrons. The number of anilines is 1. The van der Waals surface area contributed by atoms with Crippen LogP contribution in [-0.2, 0) is 15.6 Å². The Morgan fingerprint density at radius 3 is 2.26 bits per heavy atom. The molecule has 0 bridgehead atoms. The number of ether oxygens (including phenoxy) is 1. The second-order valence-corrected chi connectivity index (χ2v) is 11.4. The number of nitrogen functional groups attached to an aromatic ring is 1. The molecule has 2 aromatic carbocycles. The van der Waals surface area contributed by atoms with Gasteiger partial charge < -0.3 is 15.6 Å². The van der Waals surface area contributed by atoms with E-state index in [1.54, 1.807) is 50.2 Å². The number of pyridine rings is 2. The van der Waals surface area contributed by atoms with Crippen molar-refractivity contribution in [1.29, 1.82) is 0 Å². The molecule has 0 fully saturated rings. The number of sulfonamides is 1. The Bertz CT molecular complexity index is 1660. The Labute approximate surface area is 227 Å². The average molecular weight is 547 g/mol. The number of amides is 1. The van der Waals surface area contributed by atoms with Gasteiger partial charge in [-0.15, -0.1) is 0 Å². The third-order valence-electron chi connectivity index (χ3n) is 6.45. The molecule has 1 amide bonds. The highest BCUT2D eigenvalue weighted by Crippen LogP contribution is 2.32. The van der Waals surface area contributed by atoms with Crippen molar-refractivity contribution in [2.24, 2.45) is 0 Å². The number of aliphatic hydroxyl groups is 1. The summed E-state index contributed by atoms with van der Waals surface area (Å²) in [7, 11) is -4.32. The van der Waals surface area contributed by atoms with Crippen molar-refractivity contribution < 1.29 is 23.1 Å². The van der Waals surface area contributed by atoms with Crippen molar-refractivity contribution in [3.63, 3.8) is 0 Å². The third kappa shape index (κ3) is 6.08. The molecule has 4 aromatic rings. The highest BCUT2D eigenvalue weighted by atomic mass is 32.2. The Morgan fingerprint density at radius 1 is 0.923 bits per heavy atom. The van der Waals surface area contributed by atoms with Crippen LogP contribution in [0.25, 0.3) is 11.3 Å². The lowest BCUT2D eigenvalue weighted by Gasteiger charge is -2.18. The van der Waals surface area contributed by atoms with Crippen molar-refractivity contribution in [2.75, 3.05) is 5.73 Å². The summed E-state index contributed by atoms with van der Waals surface area (Å²) < 4.78 is 33.8. The van der Waals surface area contributed by atoms with E-state index in [1.807, 2.05) is 31.6 Å². The molecule has 39 heavy (non-hydrogen) atoms. The van der Waals surface area contributed by atoms with Crippen LogP contribution in [0.5, 0.6) is 11.6 Å². The molecule has 2 aromatic heterocycles. The van der Waals surface area contributed by atoms with Gasteiger partial charge >= 0.3 is 0 Å². The highest BCUT2D eigenvalue weighted by molar-refractivity contribution is 7.90. The normalized spacial score (nSPS) is 11.7. The number of hydrogen-bond acceptors (Lipinski definition) is 8. The summed E-state index contributed by atoms with van der Waals surface area (Å²) in [6.07, 6.45) is 0. The summed E-state index contributed by atoms with van der Waals surface area (Å²) in [6.45, 7) is 9.23. The number of aryl methyl sites for hydroxylation is 1. The zero-order valence-corrected chi connectivity index (χ0v) is 23.1. The fraction of sp³-hybridized carbons (Fsp3) is 0.207. The minimum Gasteiger partial charge on any atom is -0.438 e. The molecular formula is C29H30N4O5S. The number of nitrogens with two attached hydrogens (primary N) is 1. The van der Waals surface area contributed by atoms with E-state index in [2.05, 4.69) is 9.97 Å². The topological polar surface area (TPSA) is 144 Å². The first-order valence-electron chi connectivity index (χ1n) is 12.1. The van der Waals surface area contributed by atoms with Crippen molar-refractivity contribution >= 4 is 21.7 Å². The van der Waals surface area contributed by atoms with Gasteiger partial charge in [0.15, 0.2) is 5.03 Å². The van der Waals surface area contributed by atoms with Gasteiger partial charge in [-0.05, 0) is 87.2 Å². The zero-order chi connectivity index (χ0) is 28.5. The Balaban J connectivity index is 1.76. The predicted molar refractivity (Wildman–Crippen MR) is 149 cm³/mol. The van der Waals surface area contributed by atoms with E-state index >= 15 is 0 Å². The first kappa shape index (κ1) is 27.7. The molecule has 0 unspecified atom stereocenters. The molecule has 4 rings (SSSR count). The van der Waals surface area contributed by atoms with Crippen LogP contribution in [0.3, 0.4) is 0 Å². The van der Waals surface area contributed by atoms with Crippen LogP contribution in [0.4, 0.5) is 5.82 Å². The molecule has 0 aliphatic rings. The summed E-state index contributed by atoms with van der Waals surface area (Å²) >= 11 is 0. The lowest BCUT2D eigenvalue weighted by atomic mass is 9.96. The molecule has 4 N–H and O–H groups in total. The molecular weight excluding hydrogens is 516 g/mol. The van der Waals surface area contributed by atoms with Crippen LogP contribution >= 0.6 is 0 Å². The van der Waals surface area contributed by atoms with Gasteiger partial charge in [0, 0.05) is 5.56 Å². The molecule has 0 saturated carbocycles. The number of nitrogens with zero attached hydrogens (tertiary/aromatic N) is 2. The van der Waals surface area contributed by atoms with E-state index < -0.39 is 21.5 Å². The van der Waals surface area contributed by atoms with Crippen molar-refractivity contribution in [1.82, 2.24) is 14.7 Å². The van der Waals surface area contributed by atoms with Crippen LogP contribution in [0.2, 0.25) is 0 Å². The smallest absolute Gasteiger partial charge is 0.281 e. The van der Waals surface area contributed by atoms with Crippen LogP contribution in [0.15, 0.2) is 71.8 Å². The molecule has 0 aliphatic carbocycles. The van der Waals surface area contributed by atoms with Crippen molar-refractivity contribution in [3.8, 4) is 22.9 Å². The quantitative estimate of drug-likeness (QED) is 0.300. The highest BCUT2D eigenvalue weighted by Gasteiger charge is 2.25. The minimum absolute atomic E-state index is 0.00110. The summed E-state index contributed by atoms with van der Waals surface area (Å²) in [5, 5.41) is 9.88. The first-order chi connectivity index (χ1) is 18.3. The molecule has 10 heteroatoms. The largest absolute Gasteiger partial charge is 0.438 e. The summed E-state index contributed by atoms with van der Waals surface area (Å²) in [4.78, 5) is 21.6. The Morgan fingerprint density at radius 2 is 1.62 bits per heavy atom.